The van der Waals surface area contributed by atoms with Crippen molar-refractivity contribution < 1.29 is 9.53 Å². The predicted molar refractivity (Wildman–Crippen MR) is 90.7 cm³/mol. The maximum absolute atomic E-state index is 12.5. The molecule has 23 heavy (non-hydrogen) atoms. The van der Waals surface area contributed by atoms with Gasteiger partial charge in [-0.15, -0.1) is 0 Å². The molecule has 0 radical (unpaired) electrons. The number of dihydropyridines is 1. The van der Waals surface area contributed by atoms with E-state index in [0.717, 1.165) is 25.0 Å². The van der Waals surface area contributed by atoms with Gasteiger partial charge in [0.2, 0.25) is 0 Å². The van der Waals surface area contributed by atoms with E-state index in [0.29, 0.717) is 35.9 Å². The zero-order valence-electron chi connectivity index (χ0n) is 13.4. The number of nitriles is 1. The Morgan fingerprint density at radius 1 is 1.57 bits per heavy atom. The van der Waals surface area contributed by atoms with E-state index >= 15 is 0 Å². The normalized spacial score (nSPS) is 21.2. The third-order valence-corrected chi connectivity index (χ3v) is 4.51. The van der Waals surface area contributed by atoms with E-state index in [1.54, 1.807) is 6.92 Å². The second kappa shape index (κ2) is 7.47. The topological polar surface area (TPSA) is 100 Å². The number of allylic oxidation sites excluding steroid dienone is 2. The third-order valence-electron chi connectivity index (χ3n) is 4.37. The Hall–Kier alpha value is -2.07. The van der Waals surface area contributed by atoms with Crippen LogP contribution >= 0.6 is 12.2 Å². The molecule has 2 aliphatic rings. The zero-order valence-corrected chi connectivity index (χ0v) is 14.3. The first-order valence-electron chi connectivity index (χ1n) is 7.80. The summed E-state index contributed by atoms with van der Waals surface area (Å²) in [4.78, 5) is 12.5. The summed E-state index contributed by atoms with van der Waals surface area (Å²) in [6, 6.07) is 2.27. The van der Waals surface area contributed by atoms with Crippen molar-refractivity contribution in [3.05, 3.63) is 22.5 Å². The Morgan fingerprint density at radius 3 is 2.74 bits per heavy atom. The molecule has 0 aromatic carbocycles. The smallest absolute Gasteiger partial charge is 0.336 e. The lowest BCUT2D eigenvalue weighted by atomic mass is 9.68. The van der Waals surface area contributed by atoms with Crippen molar-refractivity contribution in [3.63, 3.8) is 0 Å². The molecule has 7 heteroatoms. The van der Waals surface area contributed by atoms with Gasteiger partial charge in [0.1, 0.15) is 0 Å². The number of carbonyl (C=O) groups is 1. The average Bonchev–Trinajstić information content (AvgIpc) is 2.43. The van der Waals surface area contributed by atoms with Gasteiger partial charge in [-0.25, -0.2) is 4.79 Å². The summed E-state index contributed by atoms with van der Waals surface area (Å²) in [5.41, 5.74) is 8.11. The molecule has 1 unspecified atom stereocenters. The molecule has 1 atom stereocenters. The standard InChI is InChI=1S/C16H22N4O2S/c1-3-22-15(21)14-12(8-19-16(18)23)20-9(2)11(7-17)13(14)10-5-4-6-10/h10,13,20H,3-6,8H2,1-2H3,(H3,18,19,23). The molecule has 0 bridgehead atoms. The number of nitrogens with zero attached hydrogens (tertiary/aromatic N) is 1. The number of rotatable bonds is 5. The Morgan fingerprint density at radius 2 is 2.26 bits per heavy atom. The van der Waals surface area contributed by atoms with Crippen LogP contribution in [0.25, 0.3) is 0 Å². The third kappa shape index (κ3) is 3.64. The molecule has 1 saturated carbocycles. The highest BCUT2D eigenvalue weighted by Crippen LogP contribution is 2.44. The Kier molecular flexibility index (Phi) is 5.61. The van der Waals surface area contributed by atoms with Crippen molar-refractivity contribution in [1.82, 2.24) is 10.6 Å². The average molecular weight is 334 g/mol. The largest absolute Gasteiger partial charge is 0.463 e. The molecule has 1 aliphatic heterocycles. The van der Waals surface area contributed by atoms with Crippen LogP contribution < -0.4 is 16.4 Å². The van der Waals surface area contributed by atoms with E-state index in [4.69, 9.17) is 22.7 Å². The van der Waals surface area contributed by atoms with E-state index in [1.807, 2.05) is 6.92 Å². The van der Waals surface area contributed by atoms with Crippen molar-refractivity contribution in [2.24, 2.45) is 17.6 Å². The quantitative estimate of drug-likeness (QED) is 0.517. The van der Waals surface area contributed by atoms with Crippen LogP contribution in [0.3, 0.4) is 0 Å². The molecular formula is C16H22N4O2S. The van der Waals surface area contributed by atoms with Crippen LogP contribution in [0, 0.1) is 23.2 Å². The molecule has 0 spiro atoms. The number of nitrogens with two attached hydrogens (primary N) is 1. The minimum absolute atomic E-state index is 0.162. The summed E-state index contributed by atoms with van der Waals surface area (Å²) in [6.07, 6.45) is 3.16. The molecule has 124 valence electrons. The lowest BCUT2D eigenvalue weighted by molar-refractivity contribution is -0.139. The molecule has 4 N–H and O–H groups in total. The molecule has 0 aromatic rings. The van der Waals surface area contributed by atoms with Gasteiger partial charge in [0, 0.05) is 17.3 Å². The molecule has 1 aliphatic carbocycles. The van der Waals surface area contributed by atoms with Gasteiger partial charge in [-0.05, 0) is 44.8 Å². The minimum atomic E-state index is -0.378. The first kappa shape index (κ1) is 17.3. The van der Waals surface area contributed by atoms with E-state index in [-0.39, 0.29) is 17.0 Å². The zero-order chi connectivity index (χ0) is 17.0. The maximum atomic E-state index is 12.5. The highest BCUT2D eigenvalue weighted by Gasteiger charge is 2.41. The molecule has 6 nitrogen and oxygen atoms in total. The van der Waals surface area contributed by atoms with Crippen molar-refractivity contribution in [3.8, 4) is 6.07 Å². The molecule has 2 rings (SSSR count). The summed E-state index contributed by atoms with van der Waals surface area (Å²) >= 11 is 4.85. The lowest BCUT2D eigenvalue weighted by Gasteiger charge is -2.38. The summed E-state index contributed by atoms with van der Waals surface area (Å²) in [5.74, 6) is -0.282. The van der Waals surface area contributed by atoms with Crippen LogP contribution in [0.2, 0.25) is 0 Å². The first-order chi connectivity index (χ1) is 11.0. The van der Waals surface area contributed by atoms with E-state index in [1.165, 1.54) is 0 Å². The maximum Gasteiger partial charge on any atom is 0.336 e. The lowest BCUT2D eigenvalue weighted by Crippen LogP contribution is -2.41. The molecular weight excluding hydrogens is 312 g/mol. The van der Waals surface area contributed by atoms with Gasteiger partial charge < -0.3 is 21.1 Å². The summed E-state index contributed by atoms with van der Waals surface area (Å²) in [5, 5.41) is 15.7. The van der Waals surface area contributed by atoms with E-state index < -0.39 is 0 Å². The Balaban J connectivity index is 2.43. The fourth-order valence-corrected chi connectivity index (χ4v) is 3.17. The summed E-state index contributed by atoms with van der Waals surface area (Å²) in [7, 11) is 0. The molecule has 1 fully saturated rings. The van der Waals surface area contributed by atoms with Crippen molar-refractivity contribution >= 4 is 23.3 Å². The van der Waals surface area contributed by atoms with Crippen molar-refractivity contribution in [1.29, 1.82) is 5.26 Å². The van der Waals surface area contributed by atoms with Crippen LogP contribution in [0.15, 0.2) is 22.5 Å². The second-order valence-electron chi connectivity index (χ2n) is 5.77. The number of hydrogen-bond donors (Lipinski definition) is 3. The van der Waals surface area contributed by atoms with Gasteiger partial charge in [-0.2, -0.15) is 5.26 Å². The van der Waals surface area contributed by atoms with Crippen molar-refractivity contribution in [2.75, 3.05) is 13.2 Å². The number of esters is 1. The minimum Gasteiger partial charge on any atom is -0.463 e. The molecule has 0 amide bonds. The number of hydrogen-bond acceptors (Lipinski definition) is 5. The number of ether oxygens (including phenoxy) is 1. The van der Waals surface area contributed by atoms with Gasteiger partial charge in [0.15, 0.2) is 5.11 Å². The van der Waals surface area contributed by atoms with Crippen LogP contribution in [-0.4, -0.2) is 24.2 Å². The molecule has 0 aromatic heterocycles. The van der Waals surface area contributed by atoms with Crippen LogP contribution in [-0.2, 0) is 9.53 Å². The Bertz CT molecular complexity index is 614. The van der Waals surface area contributed by atoms with Gasteiger partial charge in [0.05, 0.1) is 30.4 Å². The van der Waals surface area contributed by atoms with Gasteiger partial charge in [0.25, 0.3) is 0 Å². The Labute approximate surface area is 141 Å². The summed E-state index contributed by atoms with van der Waals surface area (Å²) in [6.45, 7) is 4.22. The molecule has 1 heterocycles. The van der Waals surface area contributed by atoms with Gasteiger partial charge in [-0.1, -0.05) is 6.42 Å². The summed E-state index contributed by atoms with van der Waals surface area (Å²) < 4.78 is 5.23. The highest BCUT2D eigenvalue weighted by atomic mass is 32.1. The fraction of sp³-hybridized carbons (Fsp3) is 0.562. The van der Waals surface area contributed by atoms with E-state index in [9.17, 15) is 10.1 Å². The second-order valence-corrected chi connectivity index (χ2v) is 6.21. The first-order valence-corrected chi connectivity index (χ1v) is 8.21. The van der Waals surface area contributed by atoms with Crippen LogP contribution in [0.4, 0.5) is 0 Å². The predicted octanol–water partition coefficient (Wildman–Crippen LogP) is 1.45. The monoisotopic (exact) mass is 334 g/mol. The van der Waals surface area contributed by atoms with Crippen LogP contribution in [0.1, 0.15) is 33.1 Å². The van der Waals surface area contributed by atoms with Crippen LogP contribution in [0.5, 0.6) is 0 Å². The SMILES string of the molecule is CCOC(=O)C1=C(CNC(N)=S)NC(C)=C(C#N)C1C1CCC1. The number of thiocarbonyl (C=S) groups is 1. The number of carbonyl (C=O) groups excluding carboxylic acids is 1. The number of nitrogens with one attached hydrogen (secondary N) is 2. The highest BCUT2D eigenvalue weighted by molar-refractivity contribution is 7.80. The molecule has 0 saturated heterocycles. The van der Waals surface area contributed by atoms with E-state index in [2.05, 4.69) is 16.7 Å². The van der Waals surface area contributed by atoms with Crippen molar-refractivity contribution in [2.45, 2.75) is 33.1 Å². The fourth-order valence-electron chi connectivity index (χ4n) is 3.10. The van der Waals surface area contributed by atoms with Gasteiger partial charge in [-0.3, -0.25) is 0 Å². The van der Waals surface area contributed by atoms with Gasteiger partial charge >= 0.3 is 5.97 Å².